The SMILES string of the molecule is CCc1c(-c2ccccc2)[n+](=O)c(-c2ccc(OC)c(OC)c2)c(C)n1[O-]. The molecule has 6 heteroatoms. The summed E-state index contributed by atoms with van der Waals surface area (Å²) in [5.41, 5.74) is 2.73. The Morgan fingerprint density at radius 3 is 2.22 bits per heavy atom. The second-order valence-electron chi connectivity index (χ2n) is 6.11. The molecule has 6 nitrogen and oxygen atoms in total. The number of aromatic nitrogens is 2. The van der Waals surface area contributed by atoms with Gasteiger partial charge in [-0.25, -0.2) is 0 Å². The van der Waals surface area contributed by atoms with E-state index in [1.165, 1.54) is 7.11 Å². The molecule has 0 amide bonds. The van der Waals surface area contributed by atoms with E-state index < -0.39 is 0 Å². The molecule has 0 saturated carbocycles. The van der Waals surface area contributed by atoms with Gasteiger partial charge in [-0.05, 0) is 43.7 Å². The number of benzene rings is 2. The molecule has 0 radical (unpaired) electrons. The molecule has 0 N–H and O–H groups in total. The van der Waals surface area contributed by atoms with Crippen LogP contribution in [0.1, 0.15) is 18.3 Å². The van der Waals surface area contributed by atoms with Crippen LogP contribution in [0.15, 0.2) is 48.5 Å². The summed E-state index contributed by atoms with van der Waals surface area (Å²) in [5.74, 6) is 1.05. The lowest BCUT2D eigenvalue weighted by Gasteiger charge is -2.20. The third-order valence-corrected chi connectivity index (χ3v) is 4.61. The summed E-state index contributed by atoms with van der Waals surface area (Å²) in [6.45, 7) is 3.52. The Morgan fingerprint density at radius 2 is 1.63 bits per heavy atom. The van der Waals surface area contributed by atoms with E-state index in [4.69, 9.17) is 9.47 Å². The highest BCUT2D eigenvalue weighted by Crippen LogP contribution is 2.33. The van der Waals surface area contributed by atoms with E-state index in [9.17, 15) is 10.1 Å². The zero-order chi connectivity index (χ0) is 19.6. The van der Waals surface area contributed by atoms with Crippen molar-refractivity contribution in [1.82, 2.24) is 4.73 Å². The van der Waals surface area contributed by atoms with Gasteiger partial charge in [-0.15, -0.1) is 0 Å². The lowest BCUT2D eigenvalue weighted by molar-refractivity contribution is -0.471. The molecule has 1 heterocycles. The zero-order valence-electron chi connectivity index (χ0n) is 15.9. The van der Waals surface area contributed by atoms with Gasteiger partial charge in [0.25, 0.3) is 11.4 Å². The normalized spacial score (nSPS) is 10.7. The van der Waals surface area contributed by atoms with Gasteiger partial charge in [0.1, 0.15) is 0 Å². The van der Waals surface area contributed by atoms with Crippen LogP contribution < -0.4 is 13.9 Å². The highest BCUT2D eigenvalue weighted by atomic mass is 16.5. The van der Waals surface area contributed by atoms with Crippen molar-refractivity contribution in [2.75, 3.05) is 14.2 Å². The minimum atomic E-state index is 0.294. The number of methoxy groups -OCH3 is 2. The van der Waals surface area contributed by atoms with E-state index in [-0.39, 0.29) is 0 Å². The largest absolute Gasteiger partial charge is 0.805 e. The number of hydrogen-bond acceptors (Lipinski definition) is 4. The van der Waals surface area contributed by atoms with Crippen LogP contribution in [0.2, 0.25) is 0 Å². The van der Waals surface area contributed by atoms with Gasteiger partial charge in [0.2, 0.25) is 0 Å². The van der Waals surface area contributed by atoms with E-state index in [2.05, 4.69) is 0 Å². The topological polar surface area (TPSA) is 69.4 Å². The molecule has 0 aliphatic heterocycles. The van der Waals surface area contributed by atoms with Crippen LogP contribution in [0.25, 0.3) is 22.5 Å². The summed E-state index contributed by atoms with van der Waals surface area (Å²) in [7, 11) is 3.08. The molecule has 27 heavy (non-hydrogen) atoms. The Kier molecular flexibility index (Phi) is 5.16. The van der Waals surface area contributed by atoms with Crippen molar-refractivity contribution in [2.45, 2.75) is 20.3 Å². The Hall–Kier alpha value is -3.28. The first kappa shape index (κ1) is 18.5. The molecule has 3 aromatic rings. The van der Waals surface area contributed by atoms with Gasteiger partial charge in [0, 0.05) is 4.91 Å². The second kappa shape index (κ2) is 7.53. The summed E-state index contributed by atoms with van der Waals surface area (Å²) in [5, 5.41) is 12.9. The third kappa shape index (κ3) is 3.14. The first-order valence-electron chi connectivity index (χ1n) is 8.69. The van der Waals surface area contributed by atoms with Crippen LogP contribution in [0, 0.1) is 17.0 Å². The van der Waals surface area contributed by atoms with Gasteiger partial charge in [-0.1, -0.05) is 25.1 Å². The molecule has 0 aliphatic carbocycles. The molecule has 0 bridgehead atoms. The highest BCUT2D eigenvalue weighted by molar-refractivity contribution is 5.67. The van der Waals surface area contributed by atoms with E-state index >= 15 is 0 Å². The molecule has 2 aromatic carbocycles. The zero-order valence-corrected chi connectivity index (χ0v) is 15.9. The molecule has 0 aliphatic rings. The number of rotatable bonds is 5. The first-order valence-corrected chi connectivity index (χ1v) is 8.69. The molecule has 1 aromatic heterocycles. The number of ether oxygens (including phenoxy) is 2. The molecule has 0 spiro atoms. The Bertz CT molecular complexity index is 1030. The maximum atomic E-state index is 13.4. The fourth-order valence-electron chi connectivity index (χ4n) is 3.27. The average Bonchev–Trinajstić information content (AvgIpc) is 2.71. The first-order chi connectivity index (χ1) is 13.0. The quantitative estimate of drug-likeness (QED) is 0.641. The minimum absolute atomic E-state index is 0.294. The fraction of sp³-hybridized carbons (Fsp3) is 0.238. The maximum Gasteiger partial charge on any atom is 0.289 e. The number of nitrogens with zero attached hydrogens (tertiary/aromatic N) is 2. The smallest absolute Gasteiger partial charge is 0.289 e. The molecule has 0 atom stereocenters. The number of hydrogen-bond donors (Lipinski definition) is 0. The van der Waals surface area contributed by atoms with Crippen molar-refractivity contribution in [1.29, 1.82) is 0 Å². The van der Waals surface area contributed by atoms with Crippen molar-refractivity contribution >= 4 is 0 Å². The molecule has 3 rings (SSSR count). The molecular weight excluding hydrogens is 344 g/mol. The van der Waals surface area contributed by atoms with Crippen LogP contribution in [0.5, 0.6) is 11.5 Å². The summed E-state index contributed by atoms with van der Waals surface area (Å²) >= 11 is 0. The van der Waals surface area contributed by atoms with Gasteiger partial charge < -0.3 is 19.4 Å². The Morgan fingerprint density at radius 1 is 0.963 bits per heavy atom. The maximum absolute atomic E-state index is 13.4. The van der Waals surface area contributed by atoms with Gasteiger partial charge in [-0.3, -0.25) is 0 Å². The van der Waals surface area contributed by atoms with Crippen molar-refractivity contribution in [3.63, 3.8) is 0 Å². The lowest BCUT2D eigenvalue weighted by atomic mass is 10.0. The molecule has 140 valence electrons. The lowest BCUT2D eigenvalue weighted by Crippen LogP contribution is -2.28. The van der Waals surface area contributed by atoms with E-state index in [0.29, 0.717) is 51.8 Å². The van der Waals surface area contributed by atoms with Crippen molar-refractivity contribution < 1.29 is 13.9 Å². The van der Waals surface area contributed by atoms with Gasteiger partial charge in [0.15, 0.2) is 11.5 Å². The third-order valence-electron chi connectivity index (χ3n) is 4.61. The predicted octanol–water partition coefficient (Wildman–Crippen LogP) is 3.97. The van der Waals surface area contributed by atoms with Gasteiger partial charge in [-0.2, -0.15) is 0 Å². The molecule has 0 unspecified atom stereocenters. The van der Waals surface area contributed by atoms with Gasteiger partial charge >= 0.3 is 0 Å². The van der Waals surface area contributed by atoms with Crippen LogP contribution >= 0.6 is 0 Å². The minimum Gasteiger partial charge on any atom is -0.805 e. The molecule has 0 saturated heterocycles. The van der Waals surface area contributed by atoms with Gasteiger partial charge in [0.05, 0.1) is 41.2 Å². The average molecular weight is 366 g/mol. The summed E-state index contributed by atoms with van der Waals surface area (Å²) in [6, 6.07) is 14.4. The second-order valence-corrected chi connectivity index (χ2v) is 6.11. The van der Waals surface area contributed by atoms with Crippen molar-refractivity contribution in [2.24, 2.45) is 0 Å². The van der Waals surface area contributed by atoms with Crippen LogP contribution in [0.3, 0.4) is 0 Å². The fourth-order valence-corrected chi connectivity index (χ4v) is 3.27. The Balaban J connectivity index is 2.35. The van der Waals surface area contributed by atoms with Crippen LogP contribution in [0.4, 0.5) is 0 Å². The predicted molar refractivity (Wildman–Crippen MR) is 105 cm³/mol. The van der Waals surface area contributed by atoms with Crippen molar-refractivity contribution in [3.8, 4) is 34.0 Å². The summed E-state index contributed by atoms with van der Waals surface area (Å²) in [4.78, 5) is 13.4. The van der Waals surface area contributed by atoms with E-state index in [1.807, 2.05) is 37.3 Å². The van der Waals surface area contributed by atoms with Crippen molar-refractivity contribution in [3.05, 3.63) is 70.0 Å². The van der Waals surface area contributed by atoms with Crippen LogP contribution in [-0.2, 0) is 6.42 Å². The highest BCUT2D eigenvalue weighted by Gasteiger charge is 2.27. The Labute approximate surface area is 157 Å². The standard InChI is InChI=1S/C21H22N2O4/c1-5-17-21(15-9-7-6-8-10-15)23(25)20(14(2)22(17)24)16-11-12-18(26-3)19(13-16)27-4/h6-13H,5H2,1-4H3. The summed E-state index contributed by atoms with van der Waals surface area (Å²) < 4.78 is 12.3. The molecular formula is C21H22N2O4. The van der Waals surface area contributed by atoms with E-state index in [1.54, 1.807) is 32.2 Å². The molecule has 0 fully saturated rings. The summed E-state index contributed by atoms with van der Waals surface area (Å²) in [6.07, 6.45) is 0.447. The monoisotopic (exact) mass is 366 g/mol. The van der Waals surface area contributed by atoms with Crippen LogP contribution in [-0.4, -0.2) is 19.0 Å². The van der Waals surface area contributed by atoms with E-state index in [0.717, 1.165) is 9.16 Å².